The van der Waals surface area contributed by atoms with Gasteiger partial charge in [0.05, 0.1) is 4.91 Å². The van der Waals surface area contributed by atoms with Crippen LogP contribution in [0.3, 0.4) is 0 Å². The van der Waals surface area contributed by atoms with Crippen molar-refractivity contribution in [2.75, 3.05) is 13.6 Å². The summed E-state index contributed by atoms with van der Waals surface area (Å²) >= 11 is 6.77. The minimum atomic E-state index is -2.87. The lowest BCUT2D eigenvalue weighted by atomic mass is 9.99. The summed E-state index contributed by atoms with van der Waals surface area (Å²) in [6.45, 7) is 9.21. The maximum atomic E-state index is 13.6. The number of thiocarbonyl (C=S) groups is 1. The monoisotopic (exact) mass is 491 g/mol. The average molecular weight is 492 g/mol. The van der Waals surface area contributed by atoms with Crippen molar-refractivity contribution in [1.82, 2.24) is 4.90 Å². The molecule has 180 valence electrons. The highest BCUT2D eigenvalue weighted by molar-refractivity contribution is 8.25. The summed E-state index contributed by atoms with van der Waals surface area (Å²) in [5, 5.41) is 0. The van der Waals surface area contributed by atoms with E-state index in [9.17, 15) is 13.6 Å². The Balaban J connectivity index is 0.00000172. The molecule has 1 aromatic rings. The topological polar surface area (TPSA) is 20.3 Å². The average Bonchev–Trinajstić information content (AvgIpc) is 3.24. The zero-order chi connectivity index (χ0) is 24.9. The predicted octanol–water partition coefficient (Wildman–Crippen LogP) is 8.32. The molecule has 0 radical (unpaired) electrons. The number of benzene rings is 1. The summed E-state index contributed by atoms with van der Waals surface area (Å²) in [5.41, 5.74) is 2.69. The third kappa shape index (κ3) is 10.6. The fourth-order valence-corrected chi connectivity index (χ4v) is 4.24. The molecule has 33 heavy (non-hydrogen) atoms. The molecule has 0 N–H and O–H groups in total. The summed E-state index contributed by atoms with van der Waals surface area (Å²) in [4.78, 5) is 14.1. The van der Waals surface area contributed by atoms with Gasteiger partial charge in [-0.2, -0.15) is 0 Å². The lowest BCUT2D eigenvalue weighted by molar-refractivity contribution is -0.104. The lowest BCUT2D eigenvalue weighted by Gasteiger charge is -2.19. The molecule has 0 spiro atoms. The summed E-state index contributed by atoms with van der Waals surface area (Å²) in [6, 6.07) is 6.45. The van der Waals surface area contributed by atoms with Gasteiger partial charge in [0.15, 0.2) is 6.29 Å². The van der Waals surface area contributed by atoms with E-state index in [0.29, 0.717) is 15.6 Å². The van der Waals surface area contributed by atoms with Crippen LogP contribution < -0.4 is 0 Å². The van der Waals surface area contributed by atoms with Crippen molar-refractivity contribution < 1.29 is 13.6 Å². The highest BCUT2D eigenvalue weighted by Gasteiger charge is 2.24. The third-order valence-electron chi connectivity index (χ3n) is 4.94. The van der Waals surface area contributed by atoms with Crippen molar-refractivity contribution in [3.8, 4) is 0 Å². The van der Waals surface area contributed by atoms with E-state index >= 15 is 0 Å². The largest absolute Gasteiger partial charge is 0.360 e. The molecule has 1 aromatic carbocycles. The van der Waals surface area contributed by atoms with Crippen LogP contribution in [0.4, 0.5) is 8.78 Å². The second-order valence-corrected chi connectivity index (χ2v) is 9.71. The van der Waals surface area contributed by atoms with Crippen LogP contribution in [0.25, 0.3) is 5.57 Å². The summed E-state index contributed by atoms with van der Waals surface area (Å²) in [7, 11) is 1.95. The first-order chi connectivity index (χ1) is 15.7. The van der Waals surface area contributed by atoms with E-state index in [4.69, 9.17) is 12.2 Å². The van der Waals surface area contributed by atoms with E-state index in [2.05, 4.69) is 13.5 Å². The minimum Gasteiger partial charge on any atom is -0.360 e. The second kappa shape index (κ2) is 15.0. The Morgan fingerprint density at radius 3 is 2.58 bits per heavy atom. The molecule has 0 atom stereocenters. The van der Waals surface area contributed by atoms with Gasteiger partial charge in [0.2, 0.25) is 0 Å². The smallest absolute Gasteiger partial charge is 0.270 e. The van der Waals surface area contributed by atoms with Crippen molar-refractivity contribution in [3.63, 3.8) is 0 Å². The number of thioether (sulfide) groups is 1. The van der Waals surface area contributed by atoms with E-state index in [0.717, 1.165) is 42.9 Å². The quantitative estimate of drug-likeness (QED) is 0.108. The number of nitrogens with zero attached hydrogens (tertiary/aromatic N) is 1. The SMILES string of the molecule is C=CC.CCCCCCN(C)C(=S)S/C(C=O)=C/C1=CC=C(c2cccc(C(C)(F)F)c2)C1. The Hall–Kier alpha value is -2.05. The second-order valence-electron chi connectivity index (χ2n) is 8.00. The van der Waals surface area contributed by atoms with Gasteiger partial charge in [-0.3, -0.25) is 4.79 Å². The zero-order valence-electron chi connectivity index (χ0n) is 20.1. The van der Waals surface area contributed by atoms with Crippen LogP contribution in [-0.2, 0) is 10.7 Å². The van der Waals surface area contributed by atoms with Gasteiger partial charge in [-0.15, -0.1) is 6.58 Å². The van der Waals surface area contributed by atoms with E-state index in [1.54, 1.807) is 12.1 Å². The van der Waals surface area contributed by atoms with Crippen LogP contribution in [0.1, 0.15) is 64.0 Å². The van der Waals surface area contributed by atoms with Crippen molar-refractivity contribution in [2.45, 2.75) is 58.8 Å². The maximum Gasteiger partial charge on any atom is 0.270 e. The Labute approximate surface area is 207 Å². The Kier molecular flexibility index (Phi) is 13.1. The maximum absolute atomic E-state index is 13.6. The van der Waals surface area contributed by atoms with Crippen LogP contribution in [0.15, 0.2) is 65.6 Å². The predicted molar refractivity (Wildman–Crippen MR) is 144 cm³/mol. The van der Waals surface area contributed by atoms with Crippen molar-refractivity contribution in [3.05, 3.63) is 76.8 Å². The molecule has 0 aromatic heterocycles. The molecule has 6 heteroatoms. The number of rotatable bonds is 10. The molecule has 0 unspecified atom stereocenters. The van der Waals surface area contributed by atoms with Gasteiger partial charge >= 0.3 is 0 Å². The highest BCUT2D eigenvalue weighted by Crippen LogP contribution is 2.34. The first-order valence-corrected chi connectivity index (χ1v) is 12.4. The van der Waals surface area contributed by atoms with Crippen LogP contribution in [0.5, 0.6) is 0 Å². The minimum absolute atomic E-state index is 0.00125. The molecule has 2 rings (SSSR count). The first kappa shape index (κ1) is 29.0. The molecule has 0 saturated carbocycles. The normalized spacial score (nSPS) is 13.5. The van der Waals surface area contributed by atoms with Crippen LogP contribution in [-0.4, -0.2) is 29.1 Å². The number of aldehydes is 1. The van der Waals surface area contributed by atoms with Gasteiger partial charge < -0.3 is 4.90 Å². The van der Waals surface area contributed by atoms with Gasteiger partial charge in [-0.25, -0.2) is 8.78 Å². The number of unbranched alkanes of at least 4 members (excludes halogenated alkanes) is 3. The van der Waals surface area contributed by atoms with Gasteiger partial charge in [-0.1, -0.05) is 86.6 Å². The van der Waals surface area contributed by atoms with Gasteiger partial charge in [0, 0.05) is 26.1 Å². The summed E-state index contributed by atoms with van der Waals surface area (Å²) in [5.74, 6) is -2.87. The summed E-state index contributed by atoms with van der Waals surface area (Å²) in [6.07, 6.45) is 13.5. The molecule has 0 fully saturated rings. The number of alkyl halides is 2. The fraction of sp³-hybridized carbons (Fsp3) is 0.407. The summed E-state index contributed by atoms with van der Waals surface area (Å²) < 4.78 is 27.9. The molecular formula is C27H35F2NOS2. The molecule has 0 heterocycles. The van der Waals surface area contributed by atoms with Crippen LogP contribution in [0, 0.1) is 0 Å². The molecule has 2 nitrogen and oxygen atoms in total. The lowest BCUT2D eigenvalue weighted by Crippen LogP contribution is -2.23. The van der Waals surface area contributed by atoms with Gasteiger partial charge in [-0.05, 0) is 48.6 Å². The van der Waals surface area contributed by atoms with E-state index in [1.807, 2.05) is 43.2 Å². The van der Waals surface area contributed by atoms with Crippen LogP contribution >= 0.6 is 24.0 Å². The molecule has 1 aliphatic carbocycles. The zero-order valence-corrected chi connectivity index (χ0v) is 21.7. The number of halogens is 2. The standard InChI is InChI=1S/C24H29F2NOS2.C3H6/c1-4-5-6-7-13-27(3)23(29)30-22(17-28)15-18-11-12-20(14-18)19-9-8-10-21(16-19)24(2,25)26;1-3-2/h8-12,15-17H,4-7,13-14H2,1-3H3;3H,1H2,2H3/b22-15+;. The first-order valence-electron chi connectivity index (χ1n) is 11.2. The highest BCUT2D eigenvalue weighted by atomic mass is 32.2. The fourth-order valence-electron chi connectivity index (χ4n) is 3.15. The Morgan fingerprint density at radius 2 is 1.97 bits per heavy atom. The van der Waals surface area contributed by atoms with Crippen molar-refractivity contribution in [2.24, 2.45) is 0 Å². The van der Waals surface area contributed by atoms with E-state index in [-0.39, 0.29) is 5.56 Å². The van der Waals surface area contributed by atoms with Crippen LogP contribution in [0.2, 0.25) is 0 Å². The number of hydrogen-bond acceptors (Lipinski definition) is 3. The molecule has 0 saturated heterocycles. The Morgan fingerprint density at radius 1 is 1.27 bits per heavy atom. The molecule has 0 bridgehead atoms. The molecule has 1 aliphatic rings. The number of carbonyl (C=O) groups is 1. The van der Waals surface area contributed by atoms with Gasteiger partial charge in [0.1, 0.15) is 4.32 Å². The molecule has 0 aliphatic heterocycles. The molecule has 0 amide bonds. The van der Waals surface area contributed by atoms with E-state index in [1.165, 1.54) is 43.2 Å². The number of allylic oxidation sites excluding steroid dienone is 7. The third-order valence-corrected chi connectivity index (χ3v) is 6.44. The van der Waals surface area contributed by atoms with Crippen molar-refractivity contribution in [1.29, 1.82) is 0 Å². The Bertz CT molecular complexity index is 898. The number of carbonyl (C=O) groups excluding carboxylic acids is 1. The van der Waals surface area contributed by atoms with E-state index < -0.39 is 5.92 Å². The van der Waals surface area contributed by atoms with Gasteiger partial charge in [0.25, 0.3) is 5.92 Å². The van der Waals surface area contributed by atoms with Crippen molar-refractivity contribution >= 4 is 40.2 Å². The number of hydrogen-bond donors (Lipinski definition) is 0. The molecular weight excluding hydrogens is 456 g/mol.